The number of fused-ring (bicyclic) bond motifs is 1. The molecular formula is C29H33F2N5O6. The van der Waals surface area contributed by atoms with Crippen molar-refractivity contribution < 1.29 is 32.9 Å². The Morgan fingerprint density at radius 3 is 2.55 bits per heavy atom. The van der Waals surface area contributed by atoms with Crippen molar-refractivity contribution in [2.45, 2.75) is 63.9 Å². The molecule has 1 fully saturated rings. The monoisotopic (exact) mass is 585 g/mol. The number of β-amino-alcohol motifs (C(OH)–C–C–N with tert-alkyl or cyclic N) is 1. The summed E-state index contributed by atoms with van der Waals surface area (Å²) in [6, 6.07) is 2.54. The van der Waals surface area contributed by atoms with Gasteiger partial charge in [-0.15, -0.1) is 0 Å². The Morgan fingerprint density at radius 2 is 1.83 bits per heavy atom. The molecule has 1 N–H and O–H groups in total. The van der Waals surface area contributed by atoms with Crippen molar-refractivity contribution in [3.05, 3.63) is 57.8 Å². The Labute approximate surface area is 240 Å². The normalized spacial score (nSPS) is 20.6. The second-order valence-corrected chi connectivity index (χ2v) is 12.1. The van der Waals surface area contributed by atoms with Crippen molar-refractivity contribution in [1.82, 2.24) is 24.3 Å². The number of hydrogen-bond acceptors (Lipinski definition) is 9. The molecule has 1 saturated heterocycles. The largest absolute Gasteiger partial charge is 0.486 e. The number of likely N-dealkylation sites (tertiary alicyclic amines) is 1. The van der Waals surface area contributed by atoms with Gasteiger partial charge in [-0.05, 0) is 33.6 Å². The van der Waals surface area contributed by atoms with Crippen LogP contribution in [0.25, 0.3) is 11.0 Å². The first kappa shape index (κ1) is 28.3. The number of amides is 1. The molecule has 6 heterocycles. The van der Waals surface area contributed by atoms with Crippen LogP contribution in [-0.4, -0.2) is 80.0 Å². The van der Waals surface area contributed by atoms with Crippen molar-refractivity contribution in [2.75, 3.05) is 32.8 Å². The standard InChI is InChI=1S/C29H33F2N5O6/c1-28(2,3)42-27(38)35(14-17-10-22-23(13-32-17)41-9-8-40-22)18-4-6-34(7-5-18)15-29(39)16-36-25-21(11-19(30)26(36)37)33-12-20(31)24(25)29/h10-13,18,39H,4-9,14-16H2,1-3H3/t29-/m1/s1. The zero-order valence-electron chi connectivity index (χ0n) is 23.7. The Balaban J connectivity index is 1.19. The van der Waals surface area contributed by atoms with Gasteiger partial charge in [-0.2, -0.15) is 0 Å². The second kappa shape index (κ2) is 10.5. The molecule has 3 aromatic rings. The highest BCUT2D eigenvalue weighted by atomic mass is 19.1. The highest BCUT2D eigenvalue weighted by molar-refractivity contribution is 5.81. The lowest BCUT2D eigenvalue weighted by molar-refractivity contribution is -0.0264. The smallest absolute Gasteiger partial charge is 0.410 e. The quantitative estimate of drug-likeness (QED) is 0.482. The molecule has 42 heavy (non-hydrogen) atoms. The van der Waals surface area contributed by atoms with E-state index in [2.05, 4.69) is 9.97 Å². The lowest BCUT2D eigenvalue weighted by Gasteiger charge is -2.41. The summed E-state index contributed by atoms with van der Waals surface area (Å²) in [7, 11) is 0. The Bertz CT molecular complexity index is 1600. The lowest BCUT2D eigenvalue weighted by atomic mass is 9.93. The molecule has 13 heteroatoms. The summed E-state index contributed by atoms with van der Waals surface area (Å²) in [5.74, 6) is -0.623. The van der Waals surface area contributed by atoms with Crippen LogP contribution >= 0.6 is 0 Å². The van der Waals surface area contributed by atoms with Gasteiger partial charge in [0.15, 0.2) is 17.3 Å². The molecule has 0 aliphatic carbocycles. The van der Waals surface area contributed by atoms with Gasteiger partial charge in [-0.1, -0.05) is 0 Å². The molecule has 0 radical (unpaired) electrons. The Kier molecular flexibility index (Phi) is 7.04. The predicted octanol–water partition coefficient (Wildman–Crippen LogP) is 2.94. The number of aromatic nitrogens is 3. The molecule has 0 bridgehead atoms. The van der Waals surface area contributed by atoms with Gasteiger partial charge in [-0.25, -0.2) is 13.6 Å². The molecule has 6 rings (SSSR count). The van der Waals surface area contributed by atoms with Crippen LogP contribution in [0.4, 0.5) is 13.6 Å². The predicted molar refractivity (Wildman–Crippen MR) is 146 cm³/mol. The number of carbonyl (C=O) groups excluding carboxylic acids is 1. The third-order valence-corrected chi connectivity index (χ3v) is 7.83. The topological polar surface area (TPSA) is 119 Å². The molecule has 224 valence electrons. The molecule has 3 aliphatic rings. The fourth-order valence-corrected chi connectivity index (χ4v) is 6.02. The van der Waals surface area contributed by atoms with E-state index in [-0.39, 0.29) is 42.3 Å². The van der Waals surface area contributed by atoms with E-state index in [0.717, 1.165) is 16.8 Å². The molecule has 1 amide bonds. The van der Waals surface area contributed by atoms with Gasteiger partial charge >= 0.3 is 6.09 Å². The van der Waals surface area contributed by atoms with Crippen LogP contribution in [0.3, 0.4) is 0 Å². The van der Waals surface area contributed by atoms with E-state index in [1.54, 1.807) is 37.9 Å². The van der Waals surface area contributed by atoms with Crippen LogP contribution in [-0.2, 0) is 23.4 Å². The zero-order valence-corrected chi connectivity index (χ0v) is 23.7. The van der Waals surface area contributed by atoms with Crippen LogP contribution in [0.5, 0.6) is 11.5 Å². The Morgan fingerprint density at radius 1 is 1.12 bits per heavy atom. The molecule has 0 saturated carbocycles. The molecule has 3 aromatic heterocycles. The number of nitrogens with zero attached hydrogens (tertiary/aromatic N) is 5. The summed E-state index contributed by atoms with van der Waals surface area (Å²) in [5, 5.41) is 11.7. The minimum absolute atomic E-state index is 0.0225. The fourth-order valence-electron chi connectivity index (χ4n) is 6.02. The van der Waals surface area contributed by atoms with Crippen LogP contribution < -0.4 is 15.0 Å². The molecular weight excluding hydrogens is 552 g/mol. The molecule has 11 nitrogen and oxygen atoms in total. The summed E-state index contributed by atoms with van der Waals surface area (Å²) in [5.41, 5.74) is -2.58. The maximum Gasteiger partial charge on any atom is 0.410 e. The number of halogens is 2. The molecule has 0 spiro atoms. The first-order valence-electron chi connectivity index (χ1n) is 14.0. The Hall–Kier alpha value is -3.84. The maximum absolute atomic E-state index is 15.0. The van der Waals surface area contributed by atoms with Gasteiger partial charge in [0.25, 0.3) is 5.56 Å². The van der Waals surface area contributed by atoms with Gasteiger partial charge in [0.1, 0.15) is 30.2 Å². The molecule has 0 unspecified atom stereocenters. The zero-order chi connectivity index (χ0) is 29.8. The van der Waals surface area contributed by atoms with Gasteiger partial charge in [-0.3, -0.25) is 24.6 Å². The number of rotatable bonds is 5. The summed E-state index contributed by atoms with van der Waals surface area (Å²) >= 11 is 0. The van der Waals surface area contributed by atoms with E-state index in [1.165, 1.54) is 0 Å². The molecule has 1 atom stereocenters. The van der Waals surface area contributed by atoms with Crippen molar-refractivity contribution in [3.63, 3.8) is 0 Å². The van der Waals surface area contributed by atoms with Crippen molar-refractivity contribution in [1.29, 1.82) is 0 Å². The van der Waals surface area contributed by atoms with Crippen molar-refractivity contribution >= 4 is 17.1 Å². The van der Waals surface area contributed by atoms with E-state index in [0.29, 0.717) is 56.3 Å². The highest BCUT2D eigenvalue weighted by Crippen LogP contribution is 2.38. The van der Waals surface area contributed by atoms with Gasteiger partial charge < -0.3 is 23.9 Å². The van der Waals surface area contributed by atoms with Crippen LogP contribution in [0.2, 0.25) is 0 Å². The van der Waals surface area contributed by atoms with Crippen LogP contribution in [0.1, 0.15) is 44.9 Å². The van der Waals surface area contributed by atoms with Crippen LogP contribution in [0.15, 0.2) is 29.3 Å². The van der Waals surface area contributed by atoms with Crippen LogP contribution in [0, 0.1) is 11.6 Å². The van der Waals surface area contributed by atoms with Crippen molar-refractivity contribution in [2.24, 2.45) is 0 Å². The summed E-state index contributed by atoms with van der Waals surface area (Å²) < 4.78 is 47.3. The van der Waals surface area contributed by atoms with Gasteiger partial charge in [0.05, 0.1) is 47.8 Å². The first-order valence-corrected chi connectivity index (χ1v) is 14.0. The molecule has 3 aliphatic heterocycles. The number of aliphatic hydroxyl groups is 1. The maximum atomic E-state index is 15.0. The minimum Gasteiger partial charge on any atom is -0.486 e. The highest BCUT2D eigenvalue weighted by Gasteiger charge is 2.44. The fraction of sp³-hybridized carbons (Fsp3) is 0.517. The second-order valence-electron chi connectivity index (χ2n) is 12.1. The average molecular weight is 586 g/mol. The van der Waals surface area contributed by atoms with E-state index in [9.17, 15) is 19.1 Å². The van der Waals surface area contributed by atoms with Gasteiger partial charge in [0, 0.05) is 37.8 Å². The van der Waals surface area contributed by atoms with E-state index >= 15 is 4.39 Å². The third-order valence-electron chi connectivity index (χ3n) is 7.83. The SMILES string of the molecule is CC(C)(C)OC(=O)N(Cc1cc2c(cn1)OCCO2)C1CCN(C[C@@]2(O)Cn3c(=O)c(F)cc4ncc(F)c2c43)CC1. The number of ether oxygens (including phenoxy) is 3. The van der Waals surface area contributed by atoms with Crippen molar-refractivity contribution in [3.8, 4) is 11.5 Å². The number of carbonyl (C=O) groups is 1. The summed E-state index contributed by atoms with van der Waals surface area (Å²) in [6.45, 7) is 7.20. The molecule has 0 aromatic carbocycles. The summed E-state index contributed by atoms with van der Waals surface area (Å²) in [4.78, 5) is 37.8. The van der Waals surface area contributed by atoms with E-state index < -0.39 is 34.5 Å². The average Bonchev–Trinajstić information content (AvgIpc) is 3.25. The van der Waals surface area contributed by atoms with Gasteiger partial charge in [0.2, 0.25) is 0 Å². The number of piperidine rings is 1. The van der Waals surface area contributed by atoms with E-state index in [1.807, 2.05) is 4.90 Å². The first-order chi connectivity index (χ1) is 19.9. The minimum atomic E-state index is -1.75. The lowest BCUT2D eigenvalue weighted by Crippen LogP contribution is -2.51. The third kappa shape index (κ3) is 5.26. The van der Waals surface area contributed by atoms with E-state index in [4.69, 9.17) is 14.2 Å². The number of hydrogen-bond donors (Lipinski definition) is 1. The number of pyridine rings is 3. The summed E-state index contributed by atoms with van der Waals surface area (Å²) in [6.07, 6.45) is 3.17.